The van der Waals surface area contributed by atoms with Crippen LogP contribution in [0.1, 0.15) is 35.2 Å². The second-order valence-electron chi connectivity index (χ2n) is 8.47. The number of hydrogen-bond donors (Lipinski definition) is 1. The number of carboxylic acid groups (broad SMARTS) is 1. The summed E-state index contributed by atoms with van der Waals surface area (Å²) in [6, 6.07) is 23.8. The van der Waals surface area contributed by atoms with Crippen molar-refractivity contribution in [3.05, 3.63) is 96.1 Å². The largest absolute Gasteiger partial charge is 1.00 e. The van der Waals surface area contributed by atoms with Crippen LogP contribution in [0.15, 0.2) is 84.9 Å². The van der Waals surface area contributed by atoms with E-state index in [1.165, 1.54) is 17.8 Å². The van der Waals surface area contributed by atoms with Gasteiger partial charge in [0.1, 0.15) is 0 Å². The Morgan fingerprint density at radius 1 is 0.921 bits per heavy atom. The maximum atomic E-state index is 13.8. The predicted molar refractivity (Wildman–Crippen MR) is 146 cm³/mol. The van der Waals surface area contributed by atoms with Crippen LogP contribution in [0.25, 0.3) is 11.1 Å². The molecule has 0 saturated heterocycles. The molecular formula is C28H31LiN2O5S2. The summed E-state index contributed by atoms with van der Waals surface area (Å²) < 4.78 is 29.8. The number of aryl methyl sites for hydroxylation is 1. The summed E-state index contributed by atoms with van der Waals surface area (Å²) in [5.74, 6) is -2.18. The minimum atomic E-state index is -4.48. The van der Waals surface area contributed by atoms with Gasteiger partial charge >= 0.3 is 29.1 Å². The van der Waals surface area contributed by atoms with Gasteiger partial charge in [-0.15, -0.1) is 0 Å². The Balaban J connectivity index is 0.00000507. The van der Waals surface area contributed by atoms with E-state index in [0.29, 0.717) is 27.6 Å². The van der Waals surface area contributed by atoms with Crippen LogP contribution in [-0.2, 0) is 21.4 Å². The average molecular weight is 547 g/mol. The molecule has 7 nitrogen and oxygen atoms in total. The quantitative estimate of drug-likeness (QED) is 0.234. The Labute approximate surface area is 241 Å². The van der Waals surface area contributed by atoms with E-state index < -0.39 is 28.1 Å². The molecule has 196 valence electrons. The van der Waals surface area contributed by atoms with Gasteiger partial charge in [0, 0.05) is 12.1 Å². The molecule has 1 atom stereocenters. The normalized spacial score (nSPS) is 11.8. The molecule has 0 aromatic heterocycles. The first-order valence-electron chi connectivity index (χ1n) is 12.1. The molecule has 0 saturated carbocycles. The molecule has 0 aliphatic rings. The zero-order chi connectivity index (χ0) is 26.7. The molecular weight excluding hydrogens is 515 g/mol. The fourth-order valence-corrected chi connectivity index (χ4v) is 5.85. The molecule has 3 aromatic rings. The third kappa shape index (κ3) is 8.75. The maximum absolute atomic E-state index is 13.8. The molecule has 1 amide bonds. The third-order valence-electron chi connectivity index (χ3n) is 5.87. The van der Waals surface area contributed by atoms with Crippen molar-refractivity contribution in [2.75, 3.05) is 18.6 Å². The van der Waals surface area contributed by atoms with Crippen LogP contribution in [0.2, 0.25) is 0 Å². The number of rotatable bonds is 14. The number of carbonyl (C=O) groups is 2. The Hall–Kier alpha value is -2.54. The van der Waals surface area contributed by atoms with Crippen molar-refractivity contribution in [3.8, 4) is 11.1 Å². The number of unbranched alkanes of at least 4 members (excludes halogenated alkanes) is 1. The number of benzene rings is 3. The van der Waals surface area contributed by atoms with Gasteiger partial charge in [0.2, 0.25) is 0 Å². The smallest absolute Gasteiger partial charge is 0.548 e. The molecule has 38 heavy (non-hydrogen) atoms. The van der Waals surface area contributed by atoms with Gasteiger partial charge < -0.3 is 9.90 Å². The van der Waals surface area contributed by atoms with Crippen LogP contribution < -0.4 is 28.7 Å². The van der Waals surface area contributed by atoms with Gasteiger partial charge in [-0.3, -0.25) is 4.79 Å². The van der Waals surface area contributed by atoms with E-state index in [1.807, 2.05) is 48.5 Å². The zero-order valence-corrected chi connectivity index (χ0v) is 23.3. The second kappa shape index (κ2) is 15.8. The fraction of sp³-hybridized carbons (Fsp3) is 0.286. The Morgan fingerprint density at radius 2 is 1.53 bits per heavy atom. The van der Waals surface area contributed by atoms with Gasteiger partial charge in [-0.05, 0) is 60.4 Å². The van der Waals surface area contributed by atoms with Crippen LogP contribution >= 0.6 is 11.8 Å². The minimum absolute atomic E-state index is 0. The van der Waals surface area contributed by atoms with Gasteiger partial charge in [0.05, 0.1) is 12.0 Å². The molecule has 0 fully saturated rings. The fourth-order valence-electron chi connectivity index (χ4n) is 4.01. The van der Waals surface area contributed by atoms with Gasteiger partial charge in [-0.25, -0.2) is 4.31 Å². The number of nitrogens with zero attached hydrogens (tertiary/aromatic N) is 1. The van der Waals surface area contributed by atoms with Crippen molar-refractivity contribution in [2.24, 2.45) is 0 Å². The van der Waals surface area contributed by atoms with Crippen LogP contribution in [0.4, 0.5) is 0 Å². The summed E-state index contributed by atoms with van der Waals surface area (Å²) >= 11 is 1.36. The van der Waals surface area contributed by atoms with E-state index in [0.717, 1.165) is 18.4 Å². The molecule has 3 aromatic carbocycles. The number of amides is 1. The number of thioether (sulfide) groups is 1. The molecule has 0 radical (unpaired) electrons. The van der Waals surface area contributed by atoms with Gasteiger partial charge in [0.15, 0.2) is 0 Å². The van der Waals surface area contributed by atoms with Crippen molar-refractivity contribution < 1.29 is 42.0 Å². The first-order valence-corrected chi connectivity index (χ1v) is 14.9. The van der Waals surface area contributed by atoms with Gasteiger partial charge in [-0.2, -0.15) is 24.9 Å². The first-order chi connectivity index (χ1) is 17.8. The summed E-state index contributed by atoms with van der Waals surface area (Å²) in [5.41, 5.74) is 2.47. The van der Waals surface area contributed by atoms with E-state index in [9.17, 15) is 23.1 Å². The summed E-state index contributed by atoms with van der Waals surface area (Å²) in [5, 5.41) is 12.1. The maximum Gasteiger partial charge on any atom is 1.00 e. The molecule has 10 heteroatoms. The van der Waals surface area contributed by atoms with Gasteiger partial charge in [-0.1, -0.05) is 78.9 Å². The second-order valence-corrected chi connectivity index (χ2v) is 11.1. The number of hydrogen-bond acceptors (Lipinski definition) is 6. The SMILES string of the molecule is CSCC[C@@H](C(=O)[O-])N(C(=O)c1ccccc1-c1ccccc1)S(=O)(=O)NCCCCc1ccccc1.[Li+]. The van der Waals surface area contributed by atoms with E-state index in [1.54, 1.807) is 36.6 Å². The van der Waals surface area contributed by atoms with E-state index in [-0.39, 0.29) is 37.4 Å². The number of carbonyl (C=O) groups excluding carboxylic acids is 2. The van der Waals surface area contributed by atoms with Crippen LogP contribution in [0.3, 0.4) is 0 Å². The Kier molecular flexibility index (Phi) is 13.1. The predicted octanol–water partition coefficient (Wildman–Crippen LogP) is 0.529. The number of nitrogens with one attached hydrogen (secondary N) is 1. The molecule has 0 bridgehead atoms. The topological polar surface area (TPSA) is 107 Å². The van der Waals surface area contributed by atoms with Crippen LogP contribution in [0, 0.1) is 0 Å². The van der Waals surface area contributed by atoms with Crippen molar-refractivity contribution >= 4 is 33.8 Å². The summed E-state index contributed by atoms with van der Waals surface area (Å²) in [4.78, 5) is 25.9. The van der Waals surface area contributed by atoms with Crippen molar-refractivity contribution in [1.82, 2.24) is 9.03 Å². The van der Waals surface area contributed by atoms with E-state index >= 15 is 0 Å². The molecule has 1 N–H and O–H groups in total. The Bertz CT molecular complexity index is 1270. The van der Waals surface area contributed by atoms with Crippen LogP contribution in [-0.4, -0.2) is 49.2 Å². The molecule has 0 spiro atoms. The summed E-state index contributed by atoms with van der Waals surface area (Å²) in [6.07, 6.45) is 3.75. The summed E-state index contributed by atoms with van der Waals surface area (Å²) in [7, 11) is -4.48. The molecule has 0 unspecified atom stereocenters. The van der Waals surface area contributed by atoms with Gasteiger partial charge in [0.25, 0.3) is 5.91 Å². The molecule has 0 heterocycles. The summed E-state index contributed by atoms with van der Waals surface area (Å²) in [6.45, 7) is 0.0710. The first kappa shape index (κ1) is 31.7. The molecule has 0 aliphatic carbocycles. The average Bonchev–Trinajstić information content (AvgIpc) is 2.91. The zero-order valence-electron chi connectivity index (χ0n) is 21.7. The van der Waals surface area contributed by atoms with Crippen molar-refractivity contribution in [1.29, 1.82) is 0 Å². The molecule has 0 aliphatic heterocycles. The number of carboxylic acids is 1. The van der Waals surface area contributed by atoms with E-state index in [4.69, 9.17) is 0 Å². The molecule has 3 rings (SSSR count). The Morgan fingerprint density at radius 3 is 2.16 bits per heavy atom. The van der Waals surface area contributed by atoms with E-state index in [2.05, 4.69) is 4.72 Å². The monoisotopic (exact) mass is 546 g/mol. The van der Waals surface area contributed by atoms with Crippen LogP contribution in [0.5, 0.6) is 0 Å². The minimum Gasteiger partial charge on any atom is -0.548 e. The standard InChI is InChI=1S/C28H32N2O5S2.Li/c1-36-21-19-26(28(32)33)30(37(34,35)29-20-11-10-14-22-12-4-2-5-13-22)27(31)25-18-9-8-17-24(25)23-15-6-3-7-16-23;/h2-9,12-13,15-18,26,29H,10-11,14,19-21H2,1H3,(H,32,33);/q;+1/p-1/t26-;/m0./s1. The third-order valence-corrected chi connectivity index (χ3v) is 8.02. The van der Waals surface area contributed by atoms with Crippen molar-refractivity contribution in [2.45, 2.75) is 31.7 Å². The number of aliphatic carboxylic acids is 1. The van der Waals surface area contributed by atoms with Crippen molar-refractivity contribution in [3.63, 3.8) is 0 Å².